The van der Waals surface area contributed by atoms with Crippen molar-refractivity contribution in [1.82, 2.24) is 19.7 Å². The molecule has 0 atom stereocenters. The van der Waals surface area contributed by atoms with Gasteiger partial charge in [0.15, 0.2) is 23.1 Å². The van der Waals surface area contributed by atoms with Crippen LogP contribution >= 0.6 is 0 Å². The summed E-state index contributed by atoms with van der Waals surface area (Å²) < 4.78 is 18.2. The molecule has 0 amide bonds. The Morgan fingerprint density at radius 3 is 2.26 bits per heavy atom. The molecule has 1 aromatic carbocycles. The molecule has 0 saturated heterocycles. The molecule has 0 saturated carbocycles. The molecule has 3 rings (SSSR count). The third-order valence-corrected chi connectivity index (χ3v) is 4.79. The molecule has 0 radical (unpaired) electrons. The van der Waals surface area contributed by atoms with Gasteiger partial charge in [0, 0.05) is 13.1 Å². The molecule has 166 valence electrons. The fourth-order valence-electron chi connectivity index (χ4n) is 3.48. The molecule has 0 unspecified atom stereocenters. The summed E-state index contributed by atoms with van der Waals surface area (Å²) in [6.07, 6.45) is 5.68. The Balaban J connectivity index is 2.08. The molecule has 31 heavy (non-hydrogen) atoms. The normalized spacial score (nSPS) is 11.5. The van der Waals surface area contributed by atoms with Gasteiger partial charge in [-0.25, -0.2) is 9.97 Å². The third kappa shape index (κ3) is 4.73. The van der Waals surface area contributed by atoms with Crippen LogP contribution in [0.5, 0.6) is 17.2 Å². The molecular weight excluding hydrogens is 394 g/mol. The van der Waals surface area contributed by atoms with Crippen LogP contribution in [-0.4, -0.2) is 47.1 Å². The molecule has 0 aliphatic rings. The number of aromatic nitrogens is 4. The maximum atomic E-state index is 5.45. The predicted molar refractivity (Wildman–Crippen MR) is 124 cm³/mol. The Bertz CT molecular complexity index is 1060. The largest absolute Gasteiger partial charge is 0.493 e. The lowest BCUT2D eigenvalue weighted by molar-refractivity contribution is 0.324. The highest BCUT2D eigenvalue weighted by Crippen LogP contribution is 2.38. The lowest BCUT2D eigenvalue weighted by atomic mass is 10.1. The van der Waals surface area contributed by atoms with E-state index in [4.69, 9.17) is 24.2 Å². The van der Waals surface area contributed by atoms with E-state index in [-0.39, 0.29) is 6.04 Å². The first kappa shape index (κ1) is 22.4. The Labute approximate surface area is 183 Å². The van der Waals surface area contributed by atoms with Gasteiger partial charge in [0.1, 0.15) is 11.0 Å². The number of aryl methyl sites for hydroxylation is 2. The number of hydrogen-bond donors (Lipinski definition) is 1. The maximum absolute atomic E-state index is 5.45. The molecule has 3 aromatic rings. The van der Waals surface area contributed by atoms with E-state index in [1.165, 1.54) is 0 Å². The molecule has 1 N–H and O–H groups in total. The van der Waals surface area contributed by atoms with Crippen LogP contribution in [0, 0.1) is 0 Å². The molecule has 0 spiro atoms. The first-order valence-corrected chi connectivity index (χ1v) is 10.4. The van der Waals surface area contributed by atoms with Gasteiger partial charge in [0.2, 0.25) is 5.75 Å². The van der Waals surface area contributed by atoms with E-state index in [0.29, 0.717) is 23.1 Å². The van der Waals surface area contributed by atoms with Crippen LogP contribution in [-0.2, 0) is 13.5 Å². The Kier molecular flexibility index (Phi) is 6.99. The quantitative estimate of drug-likeness (QED) is 0.546. The highest BCUT2D eigenvalue weighted by molar-refractivity contribution is 5.89. The van der Waals surface area contributed by atoms with Crippen LogP contribution in [0.4, 0.5) is 5.82 Å². The minimum atomic E-state index is 0.231. The van der Waals surface area contributed by atoms with Gasteiger partial charge < -0.3 is 19.5 Å². The minimum Gasteiger partial charge on any atom is -0.493 e. The molecule has 0 bridgehead atoms. The summed E-state index contributed by atoms with van der Waals surface area (Å²) in [6.45, 7) is 6.31. The van der Waals surface area contributed by atoms with Crippen molar-refractivity contribution in [2.24, 2.45) is 7.05 Å². The van der Waals surface area contributed by atoms with Crippen molar-refractivity contribution >= 4 is 29.0 Å². The van der Waals surface area contributed by atoms with E-state index in [0.717, 1.165) is 41.0 Å². The van der Waals surface area contributed by atoms with Crippen LogP contribution in [0.2, 0.25) is 0 Å². The van der Waals surface area contributed by atoms with Gasteiger partial charge >= 0.3 is 0 Å². The van der Waals surface area contributed by atoms with E-state index < -0.39 is 0 Å². The van der Waals surface area contributed by atoms with Crippen LogP contribution in [0.15, 0.2) is 12.1 Å². The topological polar surface area (TPSA) is 83.3 Å². The summed E-state index contributed by atoms with van der Waals surface area (Å²) in [6, 6.07) is 4.00. The minimum absolute atomic E-state index is 0.231. The number of hydrogen-bond acceptors (Lipinski definition) is 7. The van der Waals surface area contributed by atoms with Crippen LogP contribution in [0.1, 0.15) is 44.3 Å². The van der Waals surface area contributed by atoms with Crippen molar-refractivity contribution in [1.29, 1.82) is 0 Å². The Morgan fingerprint density at radius 2 is 1.71 bits per heavy atom. The van der Waals surface area contributed by atoms with Crippen LogP contribution < -0.4 is 19.5 Å². The fraction of sp³-hybridized carbons (Fsp3) is 0.435. The summed E-state index contributed by atoms with van der Waals surface area (Å²) >= 11 is 0. The van der Waals surface area contributed by atoms with Crippen LogP contribution in [0.25, 0.3) is 23.2 Å². The molecule has 0 aliphatic carbocycles. The fourth-order valence-corrected chi connectivity index (χ4v) is 3.48. The third-order valence-electron chi connectivity index (χ3n) is 4.79. The lowest BCUT2D eigenvalue weighted by Crippen LogP contribution is -2.13. The summed E-state index contributed by atoms with van der Waals surface area (Å²) in [5.41, 5.74) is 3.67. The summed E-state index contributed by atoms with van der Waals surface area (Å²) in [5.74, 6) is 3.13. The zero-order valence-electron chi connectivity index (χ0n) is 19.3. The molecule has 0 fully saturated rings. The number of methoxy groups -OCH3 is 3. The van der Waals surface area contributed by atoms with Crippen molar-refractivity contribution in [2.75, 3.05) is 26.6 Å². The van der Waals surface area contributed by atoms with Gasteiger partial charge in [-0.15, -0.1) is 0 Å². The average Bonchev–Trinajstić information content (AvgIpc) is 3.06. The number of anilines is 1. The molecule has 2 aromatic heterocycles. The number of rotatable bonds is 9. The molecule has 0 aliphatic heterocycles. The van der Waals surface area contributed by atoms with Crippen molar-refractivity contribution in [3.8, 4) is 17.2 Å². The van der Waals surface area contributed by atoms with Gasteiger partial charge in [-0.2, -0.15) is 5.10 Å². The second kappa shape index (κ2) is 9.68. The lowest BCUT2D eigenvalue weighted by Gasteiger charge is -2.13. The van der Waals surface area contributed by atoms with Crippen molar-refractivity contribution in [3.63, 3.8) is 0 Å². The monoisotopic (exact) mass is 425 g/mol. The van der Waals surface area contributed by atoms with Gasteiger partial charge in [-0.3, -0.25) is 4.68 Å². The standard InChI is InChI=1S/C23H31N5O3/c1-8-9-16-20-21(28(4)27-16)23(24-14(2)3)26-19(25-20)11-10-15-12-17(29-5)22(31-7)18(13-15)30-6/h10-14H,8-9H2,1-7H3,(H,24,25,26). The number of nitrogens with one attached hydrogen (secondary N) is 1. The number of benzene rings is 1. The van der Waals surface area contributed by atoms with Crippen molar-refractivity contribution < 1.29 is 14.2 Å². The zero-order chi connectivity index (χ0) is 22.5. The van der Waals surface area contributed by atoms with Gasteiger partial charge in [-0.05, 0) is 44.0 Å². The Hall–Kier alpha value is -3.29. The second-order valence-electron chi connectivity index (χ2n) is 7.54. The number of nitrogens with zero attached hydrogens (tertiary/aromatic N) is 4. The van der Waals surface area contributed by atoms with E-state index in [1.54, 1.807) is 21.3 Å². The SMILES string of the molecule is CCCc1nn(C)c2c(NC(C)C)nc(C=Cc3cc(OC)c(OC)c(OC)c3)nc12. The summed E-state index contributed by atoms with van der Waals surface area (Å²) in [5, 5.41) is 8.11. The highest BCUT2D eigenvalue weighted by Gasteiger charge is 2.17. The molecule has 8 heteroatoms. The number of fused-ring (bicyclic) bond motifs is 1. The van der Waals surface area contributed by atoms with Crippen molar-refractivity contribution in [3.05, 3.63) is 29.2 Å². The maximum Gasteiger partial charge on any atom is 0.203 e. The molecule has 2 heterocycles. The van der Waals surface area contributed by atoms with Crippen molar-refractivity contribution in [2.45, 2.75) is 39.7 Å². The summed E-state index contributed by atoms with van der Waals surface area (Å²) in [4.78, 5) is 9.56. The van der Waals surface area contributed by atoms with E-state index in [9.17, 15) is 0 Å². The first-order valence-electron chi connectivity index (χ1n) is 10.4. The smallest absolute Gasteiger partial charge is 0.203 e. The van der Waals surface area contributed by atoms with E-state index >= 15 is 0 Å². The highest BCUT2D eigenvalue weighted by atomic mass is 16.5. The number of ether oxygens (including phenoxy) is 3. The summed E-state index contributed by atoms with van der Waals surface area (Å²) in [7, 11) is 6.72. The van der Waals surface area contributed by atoms with E-state index in [1.807, 2.05) is 36.0 Å². The predicted octanol–water partition coefficient (Wildman–Crippen LogP) is 4.33. The van der Waals surface area contributed by atoms with Gasteiger partial charge in [-0.1, -0.05) is 19.4 Å². The first-order chi connectivity index (χ1) is 14.9. The van der Waals surface area contributed by atoms with E-state index in [2.05, 4.69) is 31.2 Å². The average molecular weight is 426 g/mol. The van der Waals surface area contributed by atoms with Gasteiger partial charge in [0.05, 0.1) is 27.0 Å². The zero-order valence-corrected chi connectivity index (χ0v) is 19.3. The second-order valence-corrected chi connectivity index (χ2v) is 7.54. The molecule has 8 nitrogen and oxygen atoms in total. The van der Waals surface area contributed by atoms with Gasteiger partial charge in [0.25, 0.3) is 0 Å². The molecular formula is C23H31N5O3. The van der Waals surface area contributed by atoms with Crippen LogP contribution in [0.3, 0.4) is 0 Å². The Morgan fingerprint density at radius 1 is 1.03 bits per heavy atom.